The maximum Gasteiger partial charge on any atom is 0.0446 e. The lowest BCUT2D eigenvalue weighted by molar-refractivity contribution is -0.0000759. The molecular formula is C22H37N3O. The molecule has 2 aliphatic rings. The van der Waals surface area contributed by atoms with Gasteiger partial charge in [-0.3, -0.25) is 9.80 Å². The first-order valence-electron chi connectivity index (χ1n) is 10.5. The highest BCUT2D eigenvalue weighted by atomic mass is 16.3. The first-order valence-corrected chi connectivity index (χ1v) is 10.5. The van der Waals surface area contributed by atoms with Crippen molar-refractivity contribution in [2.24, 2.45) is 0 Å². The summed E-state index contributed by atoms with van der Waals surface area (Å²) in [6, 6.07) is 10.6. The topological polar surface area (TPSA) is 30.0 Å². The number of piperazine rings is 1. The standard InChI is InChI=1S/C22H37N3O/c1-18(2)24-11-8-21(9-12-24)25-14-13-23(17-22(25)10-15-26)16-20-7-5-4-6-19(20)3/h4-7,18,21-22,26H,8-17H2,1-3H3/t22-/m0/s1. The molecule has 0 saturated carbocycles. The lowest BCUT2D eigenvalue weighted by Crippen LogP contribution is -2.58. The van der Waals surface area contributed by atoms with Crippen LogP contribution in [0.2, 0.25) is 0 Å². The van der Waals surface area contributed by atoms with Gasteiger partial charge in [-0.25, -0.2) is 0 Å². The smallest absolute Gasteiger partial charge is 0.0446 e. The van der Waals surface area contributed by atoms with Crippen molar-refractivity contribution >= 4 is 0 Å². The number of aliphatic hydroxyl groups excluding tert-OH is 1. The molecule has 2 aliphatic heterocycles. The third-order valence-electron chi connectivity index (χ3n) is 6.43. The van der Waals surface area contributed by atoms with Crippen LogP contribution in [0.25, 0.3) is 0 Å². The molecule has 4 nitrogen and oxygen atoms in total. The van der Waals surface area contributed by atoms with E-state index in [4.69, 9.17) is 0 Å². The Kier molecular flexibility index (Phi) is 7.10. The fraction of sp³-hybridized carbons (Fsp3) is 0.727. The van der Waals surface area contributed by atoms with Crippen molar-refractivity contribution in [2.75, 3.05) is 39.3 Å². The van der Waals surface area contributed by atoms with Crippen LogP contribution in [0.3, 0.4) is 0 Å². The van der Waals surface area contributed by atoms with Gasteiger partial charge in [0.2, 0.25) is 0 Å². The van der Waals surface area contributed by atoms with Crippen molar-refractivity contribution in [1.29, 1.82) is 0 Å². The van der Waals surface area contributed by atoms with Crippen molar-refractivity contribution in [3.63, 3.8) is 0 Å². The van der Waals surface area contributed by atoms with Gasteiger partial charge in [0, 0.05) is 50.9 Å². The molecule has 0 bridgehead atoms. The van der Waals surface area contributed by atoms with Gasteiger partial charge in [0.15, 0.2) is 0 Å². The maximum absolute atomic E-state index is 9.62. The van der Waals surface area contributed by atoms with Gasteiger partial charge >= 0.3 is 0 Å². The molecule has 146 valence electrons. The highest BCUT2D eigenvalue weighted by molar-refractivity contribution is 5.25. The Hall–Kier alpha value is -0.940. The van der Waals surface area contributed by atoms with E-state index in [0.717, 1.165) is 32.6 Å². The van der Waals surface area contributed by atoms with Crippen LogP contribution in [-0.2, 0) is 6.54 Å². The summed E-state index contributed by atoms with van der Waals surface area (Å²) >= 11 is 0. The Morgan fingerprint density at radius 3 is 2.46 bits per heavy atom. The van der Waals surface area contributed by atoms with Crippen molar-refractivity contribution in [3.05, 3.63) is 35.4 Å². The number of piperidine rings is 1. The van der Waals surface area contributed by atoms with Gasteiger partial charge in [-0.2, -0.15) is 0 Å². The summed E-state index contributed by atoms with van der Waals surface area (Å²) in [5.41, 5.74) is 2.82. The molecule has 0 amide bonds. The SMILES string of the molecule is Cc1ccccc1CN1CCN(C2CCN(C(C)C)CC2)[C@@H](CCO)C1. The van der Waals surface area contributed by atoms with Crippen molar-refractivity contribution in [1.82, 2.24) is 14.7 Å². The minimum Gasteiger partial charge on any atom is -0.396 e. The molecule has 2 fully saturated rings. The van der Waals surface area contributed by atoms with Gasteiger partial charge in [0.1, 0.15) is 0 Å². The quantitative estimate of drug-likeness (QED) is 0.846. The number of aryl methyl sites for hydroxylation is 1. The lowest BCUT2D eigenvalue weighted by atomic mass is 9.97. The molecule has 0 aliphatic carbocycles. The summed E-state index contributed by atoms with van der Waals surface area (Å²) < 4.78 is 0. The Labute approximate surface area is 159 Å². The average molecular weight is 360 g/mol. The normalized spacial score (nSPS) is 24.4. The zero-order valence-corrected chi connectivity index (χ0v) is 16.9. The van der Waals surface area contributed by atoms with Gasteiger partial charge in [-0.05, 0) is 64.3 Å². The minimum atomic E-state index is 0.296. The molecule has 2 heterocycles. The zero-order valence-electron chi connectivity index (χ0n) is 16.9. The highest BCUT2D eigenvalue weighted by Crippen LogP contribution is 2.25. The number of likely N-dealkylation sites (tertiary alicyclic amines) is 1. The van der Waals surface area contributed by atoms with E-state index >= 15 is 0 Å². The summed E-state index contributed by atoms with van der Waals surface area (Å²) in [4.78, 5) is 7.91. The van der Waals surface area contributed by atoms with Crippen LogP contribution in [0, 0.1) is 6.92 Å². The number of nitrogens with zero attached hydrogens (tertiary/aromatic N) is 3. The van der Waals surface area contributed by atoms with Crippen LogP contribution in [0.1, 0.15) is 44.2 Å². The maximum atomic E-state index is 9.62. The molecule has 0 spiro atoms. The lowest BCUT2D eigenvalue weighted by Gasteiger charge is -2.48. The van der Waals surface area contributed by atoms with E-state index in [1.165, 1.54) is 37.1 Å². The molecule has 1 aromatic carbocycles. The number of benzene rings is 1. The molecule has 0 aromatic heterocycles. The summed E-state index contributed by atoms with van der Waals surface area (Å²) in [7, 11) is 0. The molecule has 2 saturated heterocycles. The molecule has 0 radical (unpaired) electrons. The van der Waals surface area contributed by atoms with Crippen molar-refractivity contribution in [2.45, 2.75) is 64.7 Å². The fourth-order valence-corrected chi connectivity index (χ4v) is 4.73. The summed E-state index contributed by atoms with van der Waals surface area (Å²) in [6.45, 7) is 14.0. The minimum absolute atomic E-state index is 0.296. The molecule has 0 unspecified atom stereocenters. The van der Waals surface area contributed by atoms with Crippen LogP contribution in [-0.4, -0.2) is 77.3 Å². The second kappa shape index (κ2) is 9.32. The number of hydrogen-bond acceptors (Lipinski definition) is 4. The van der Waals surface area contributed by atoms with E-state index in [1.54, 1.807) is 0 Å². The molecule has 3 rings (SSSR count). The number of aliphatic hydroxyl groups is 1. The van der Waals surface area contributed by atoms with Crippen molar-refractivity contribution < 1.29 is 5.11 Å². The van der Waals surface area contributed by atoms with Gasteiger partial charge in [-0.15, -0.1) is 0 Å². The molecule has 1 atom stereocenters. The molecular weight excluding hydrogens is 322 g/mol. The monoisotopic (exact) mass is 359 g/mol. The second-order valence-electron chi connectivity index (χ2n) is 8.43. The largest absolute Gasteiger partial charge is 0.396 e. The molecule has 26 heavy (non-hydrogen) atoms. The van der Waals surface area contributed by atoms with Crippen LogP contribution < -0.4 is 0 Å². The zero-order chi connectivity index (χ0) is 18.5. The van der Waals surface area contributed by atoms with Gasteiger partial charge in [0.05, 0.1) is 0 Å². The third kappa shape index (κ3) is 4.86. The highest BCUT2D eigenvalue weighted by Gasteiger charge is 2.33. The molecule has 1 aromatic rings. The summed E-state index contributed by atoms with van der Waals surface area (Å²) in [5.74, 6) is 0. The molecule has 1 N–H and O–H groups in total. The van der Waals surface area contributed by atoms with Crippen LogP contribution in [0.15, 0.2) is 24.3 Å². The number of hydrogen-bond donors (Lipinski definition) is 1. The average Bonchev–Trinajstić information content (AvgIpc) is 2.64. The van der Waals surface area contributed by atoms with E-state index in [9.17, 15) is 5.11 Å². The van der Waals surface area contributed by atoms with Gasteiger partial charge in [-0.1, -0.05) is 24.3 Å². The Balaban J connectivity index is 1.59. The first-order chi connectivity index (χ1) is 12.6. The summed E-state index contributed by atoms with van der Waals surface area (Å²) in [6.07, 6.45) is 3.45. The van der Waals surface area contributed by atoms with E-state index < -0.39 is 0 Å². The predicted molar refractivity (Wildman–Crippen MR) is 108 cm³/mol. The Bertz CT molecular complexity index is 554. The Morgan fingerprint density at radius 2 is 1.81 bits per heavy atom. The third-order valence-corrected chi connectivity index (χ3v) is 6.43. The number of rotatable bonds is 6. The van der Waals surface area contributed by atoms with E-state index in [0.29, 0.717) is 24.7 Å². The second-order valence-corrected chi connectivity index (χ2v) is 8.43. The predicted octanol–water partition coefficient (Wildman–Crippen LogP) is 2.74. The van der Waals surface area contributed by atoms with Crippen LogP contribution in [0.4, 0.5) is 0 Å². The Morgan fingerprint density at radius 1 is 1.08 bits per heavy atom. The van der Waals surface area contributed by atoms with Crippen LogP contribution in [0.5, 0.6) is 0 Å². The van der Waals surface area contributed by atoms with Gasteiger partial charge in [0.25, 0.3) is 0 Å². The first kappa shape index (κ1) is 19.8. The summed E-state index contributed by atoms with van der Waals surface area (Å²) in [5, 5.41) is 9.62. The van der Waals surface area contributed by atoms with E-state index in [-0.39, 0.29) is 0 Å². The van der Waals surface area contributed by atoms with Crippen LogP contribution >= 0.6 is 0 Å². The fourth-order valence-electron chi connectivity index (χ4n) is 4.73. The van der Waals surface area contributed by atoms with Gasteiger partial charge < -0.3 is 10.0 Å². The van der Waals surface area contributed by atoms with E-state index in [1.807, 2.05) is 0 Å². The van der Waals surface area contributed by atoms with E-state index in [2.05, 4.69) is 59.7 Å². The molecule has 4 heteroatoms. The van der Waals surface area contributed by atoms with Crippen molar-refractivity contribution in [3.8, 4) is 0 Å².